The largest absolute Gasteiger partial charge is 0.0654 e. The Balaban J connectivity index is 3.82. The lowest BCUT2D eigenvalue weighted by molar-refractivity contribution is 0.279. The molecule has 116 valence electrons. The van der Waals surface area contributed by atoms with Crippen molar-refractivity contribution in [3.63, 3.8) is 0 Å². The molecular weight excluding hydrogens is 228 g/mol. The first-order valence-corrected chi connectivity index (χ1v) is 9.26. The minimum atomic E-state index is 0.956. The lowest BCUT2D eigenvalue weighted by Gasteiger charge is -2.24. The maximum atomic E-state index is 2.50. The van der Waals surface area contributed by atoms with Crippen LogP contribution in [-0.4, -0.2) is 0 Å². The van der Waals surface area contributed by atoms with Crippen molar-refractivity contribution in [2.24, 2.45) is 11.8 Å². The first kappa shape index (κ1) is 19.0. The molecule has 0 aromatic carbocycles. The Labute approximate surface area is 123 Å². The van der Waals surface area contributed by atoms with Gasteiger partial charge in [0.05, 0.1) is 0 Å². The van der Waals surface area contributed by atoms with Crippen LogP contribution in [0.4, 0.5) is 0 Å². The summed E-state index contributed by atoms with van der Waals surface area (Å²) in [5.41, 5.74) is 0. The summed E-state index contributed by atoms with van der Waals surface area (Å²) in [4.78, 5) is 0. The van der Waals surface area contributed by atoms with E-state index in [2.05, 4.69) is 27.7 Å². The molecule has 0 heteroatoms. The minimum absolute atomic E-state index is 0.956. The Bertz CT molecular complexity index is 161. The van der Waals surface area contributed by atoms with Crippen molar-refractivity contribution in [1.29, 1.82) is 0 Å². The molecule has 0 heterocycles. The fraction of sp³-hybridized carbons (Fsp3) is 1.00. The highest BCUT2D eigenvalue weighted by atomic mass is 14.2. The van der Waals surface area contributed by atoms with E-state index >= 15 is 0 Å². The van der Waals surface area contributed by atoms with E-state index in [0.29, 0.717) is 0 Å². The monoisotopic (exact) mass is 268 g/mol. The van der Waals surface area contributed by atoms with E-state index in [1.54, 1.807) is 0 Å². The molecule has 0 rings (SSSR count). The molecule has 0 saturated carbocycles. The van der Waals surface area contributed by atoms with Gasteiger partial charge >= 0.3 is 0 Å². The van der Waals surface area contributed by atoms with Gasteiger partial charge in [0.2, 0.25) is 0 Å². The van der Waals surface area contributed by atoms with Crippen LogP contribution < -0.4 is 0 Å². The van der Waals surface area contributed by atoms with Gasteiger partial charge in [-0.3, -0.25) is 0 Å². The van der Waals surface area contributed by atoms with Crippen molar-refractivity contribution < 1.29 is 0 Å². The molecule has 19 heavy (non-hydrogen) atoms. The van der Waals surface area contributed by atoms with Crippen LogP contribution in [0.25, 0.3) is 0 Å². The molecule has 0 fully saturated rings. The first-order valence-electron chi connectivity index (χ1n) is 9.26. The van der Waals surface area contributed by atoms with Crippen LogP contribution in [-0.2, 0) is 0 Å². The highest BCUT2D eigenvalue weighted by molar-refractivity contribution is 4.67. The van der Waals surface area contributed by atoms with Crippen LogP contribution in [0, 0.1) is 11.8 Å². The molecule has 0 aromatic heterocycles. The molecule has 0 nitrogen and oxygen atoms in total. The maximum Gasteiger partial charge on any atom is -0.0388 e. The van der Waals surface area contributed by atoms with Gasteiger partial charge in [-0.25, -0.2) is 0 Å². The maximum absolute atomic E-state index is 2.50. The predicted molar refractivity (Wildman–Crippen MR) is 89.7 cm³/mol. The number of rotatable bonds is 14. The second-order valence-electron chi connectivity index (χ2n) is 6.58. The number of unbranched alkanes of at least 4 members (excludes halogenated alkanes) is 7. The fourth-order valence-electron chi connectivity index (χ4n) is 3.25. The summed E-state index contributed by atoms with van der Waals surface area (Å²) in [7, 11) is 0. The van der Waals surface area contributed by atoms with Crippen LogP contribution in [0.15, 0.2) is 0 Å². The molecule has 0 bridgehead atoms. The Morgan fingerprint density at radius 1 is 0.526 bits per heavy atom. The lowest BCUT2D eigenvalue weighted by atomic mass is 9.82. The second-order valence-corrected chi connectivity index (χ2v) is 6.58. The molecule has 0 aliphatic rings. The Kier molecular flexibility index (Phi) is 14.4. The molecule has 0 aliphatic heterocycles. The summed E-state index contributed by atoms with van der Waals surface area (Å²) >= 11 is 0. The molecule has 0 N–H and O–H groups in total. The van der Waals surface area contributed by atoms with Gasteiger partial charge in [-0.1, -0.05) is 111 Å². The number of hydrogen-bond donors (Lipinski definition) is 0. The standard InChI is InChI=1S/C19H40/c1-5-8-10-12-14-17-19(18(4)15-7-3)16-13-11-9-6-2/h18-19H,5-17H2,1-4H3. The van der Waals surface area contributed by atoms with Crippen molar-refractivity contribution in [3.8, 4) is 0 Å². The third-order valence-corrected chi connectivity index (χ3v) is 4.66. The fourth-order valence-corrected chi connectivity index (χ4v) is 3.25. The molecular formula is C19H40. The zero-order chi connectivity index (χ0) is 14.3. The van der Waals surface area contributed by atoms with Crippen LogP contribution in [0.3, 0.4) is 0 Å². The average Bonchev–Trinajstić information content (AvgIpc) is 2.41. The van der Waals surface area contributed by atoms with Crippen LogP contribution in [0.2, 0.25) is 0 Å². The van der Waals surface area contributed by atoms with E-state index < -0.39 is 0 Å². The summed E-state index contributed by atoms with van der Waals surface area (Å²) in [6.07, 6.45) is 18.7. The second kappa shape index (κ2) is 14.4. The smallest absolute Gasteiger partial charge is 0.0388 e. The zero-order valence-electron chi connectivity index (χ0n) is 14.3. The minimum Gasteiger partial charge on any atom is -0.0654 e. The number of hydrogen-bond acceptors (Lipinski definition) is 0. The van der Waals surface area contributed by atoms with E-state index in [1.165, 1.54) is 83.5 Å². The Hall–Kier alpha value is 0. The lowest BCUT2D eigenvalue weighted by Crippen LogP contribution is -2.12. The molecule has 2 unspecified atom stereocenters. The van der Waals surface area contributed by atoms with Crippen molar-refractivity contribution >= 4 is 0 Å². The van der Waals surface area contributed by atoms with Gasteiger partial charge in [0.15, 0.2) is 0 Å². The SMILES string of the molecule is CCCCCCCC(CCCCCC)C(C)CCC. The van der Waals surface area contributed by atoms with E-state index in [0.717, 1.165) is 11.8 Å². The van der Waals surface area contributed by atoms with Gasteiger partial charge in [-0.2, -0.15) is 0 Å². The van der Waals surface area contributed by atoms with Crippen LogP contribution >= 0.6 is 0 Å². The zero-order valence-corrected chi connectivity index (χ0v) is 14.3. The molecule has 0 aliphatic carbocycles. The van der Waals surface area contributed by atoms with Crippen LogP contribution in [0.1, 0.15) is 111 Å². The van der Waals surface area contributed by atoms with Crippen molar-refractivity contribution in [2.75, 3.05) is 0 Å². The molecule has 0 spiro atoms. The van der Waals surface area contributed by atoms with Crippen LogP contribution in [0.5, 0.6) is 0 Å². The summed E-state index contributed by atoms with van der Waals surface area (Å²) in [6, 6.07) is 0. The molecule has 0 aromatic rings. The quantitative estimate of drug-likeness (QED) is 0.288. The molecule has 0 radical (unpaired) electrons. The summed E-state index contributed by atoms with van der Waals surface area (Å²) in [6.45, 7) is 9.46. The van der Waals surface area contributed by atoms with E-state index in [-0.39, 0.29) is 0 Å². The summed E-state index contributed by atoms with van der Waals surface area (Å²) in [5.74, 6) is 1.97. The topological polar surface area (TPSA) is 0 Å². The van der Waals surface area contributed by atoms with Crippen molar-refractivity contribution in [2.45, 2.75) is 111 Å². The van der Waals surface area contributed by atoms with Crippen molar-refractivity contribution in [3.05, 3.63) is 0 Å². The highest BCUT2D eigenvalue weighted by Gasteiger charge is 2.15. The van der Waals surface area contributed by atoms with E-state index in [1.807, 2.05) is 0 Å². The normalized spacial score (nSPS) is 14.5. The van der Waals surface area contributed by atoms with E-state index in [9.17, 15) is 0 Å². The van der Waals surface area contributed by atoms with Gasteiger partial charge in [0.1, 0.15) is 0 Å². The predicted octanol–water partition coefficient (Wildman–Crippen LogP) is 7.37. The Morgan fingerprint density at radius 3 is 1.47 bits per heavy atom. The summed E-state index contributed by atoms with van der Waals surface area (Å²) in [5, 5.41) is 0. The first-order chi connectivity index (χ1) is 9.26. The Morgan fingerprint density at radius 2 is 1.00 bits per heavy atom. The van der Waals surface area contributed by atoms with Gasteiger partial charge in [0, 0.05) is 0 Å². The van der Waals surface area contributed by atoms with E-state index in [4.69, 9.17) is 0 Å². The molecule has 0 amide bonds. The molecule has 0 saturated heterocycles. The highest BCUT2D eigenvalue weighted by Crippen LogP contribution is 2.28. The molecule has 2 atom stereocenters. The third kappa shape index (κ3) is 11.5. The van der Waals surface area contributed by atoms with Gasteiger partial charge < -0.3 is 0 Å². The van der Waals surface area contributed by atoms with Gasteiger partial charge in [-0.15, -0.1) is 0 Å². The van der Waals surface area contributed by atoms with Gasteiger partial charge in [0.25, 0.3) is 0 Å². The third-order valence-electron chi connectivity index (χ3n) is 4.66. The summed E-state index contributed by atoms with van der Waals surface area (Å²) < 4.78 is 0. The van der Waals surface area contributed by atoms with Gasteiger partial charge in [-0.05, 0) is 11.8 Å². The average molecular weight is 269 g/mol. The van der Waals surface area contributed by atoms with Crippen molar-refractivity contribution in [1.82, 2.24) is 0 Å².